The van der Waals surface area contributed by atoms with Crippen LogP contribution in [0.25, 0.3) is 10.9 Å². The number of nitro groups is 1. The second-order valence-electron chi connectivity index (χ2n) is 11.0. The number of piperazine rings is 1. The van der Waals surface area contributed by atoms with E-state index in [9.17, 15) is 19.7 Å². The fourth-order valence-electron chi connectivity index (χ4n) is 5.63. The van der Waals surface area contributed by atoms with Crippen molar-refractivity contribution in [2.45, 2.75) is 17.5 Å². The average molecular weight is 636 g/mol. The van der Waals surface area contributed by atoms with E-state index in [2.05, 4.69) is 17.0 Å². The second kappa shape index (κ2) is 12.6. The molecule has 0 unspecified atom stereocenters. The first kappa shape index (κ1) is 29.4. The minimum atomic E-state index is -0.436. The highest BCUT2D eigenvalue weighted by molar-refractivity contribution is 7.98. The van der Waals surface area contributed by atoms with Gasteiger partial charge >= 0.3 is 0 Å². The molecule has 3 heterocycles. The molecule has 0 bridgehead atoms. The zero-order chi connectivity index (χ0) is 31.6. The van der Waals surface area contributed by atoms with Crippen molar-refractivity contribution < 1.29 is 19.2 Å². The van der Waals surface area contributed by atoms with Crippen LogP contribution in [0.1, 0.15) is 21.5 Å². The minimum Gasteiger partial charge on any atom is -0.454 e. The number of para-hydroxylation sites is 1. The van der Waals surface area contributed by atoms with Crippen LogP contribution in [-0.4, -0.2) is 58.3 Å². The van der Waals surface area contributed by atoms with Crippen LogP contribution in [0, 0.1) is 10.1 Å². The number of thioether (sulfide) groups is 1. The number of anilines is 1. The molecule has 5 aromatic rings. The molecule has 0 saturated carbocycles. The van der Waals surface area contributed by atoms with E-state index in [0.29, 0.717) is 52.0 Å². The fraction of sp³-hybridized carbons (Fsp3) is 0.206. The molecule has 1 aromatic heterocycles. The number of benzene rings is 4. The van der Waals surface area contributed by atoms with E-state index >= 15 is 0 Å². The Bertz CT molecular complexity index is 1980. The Morgan fingerprint density at radius 2 is 1.54 bits per heavy atom. The molecular formula is C34H29N5O6S. The molecule has 232 valence electrons. The van der Waals surface area contributed by atoms with Gasteiger partial charge in [0.2, 0.25) is 6.79 Å². The number of hydrogen-bond acceptors (Lipinski definition) is 9. The van der Waals surface area contributed by atoms with Gasteiger partial charge in [0.25, 0.3) is 17.2 Å². The number of ether oxygens (including phenoxy) is 2. The Morgan fingerprint density at radius 3 is 2.24 bits per heavy atom. The molecule has 11 nitrogen and oxygen atoms in total. The van der Waals surface area contributed by atoms with E-state index in [1.165, 1.54) is 23.9 Å². The highest BCUT2D eigenvalue weighted by Gasteiger charge is 2.23. The predicted octanol–water partition coefficient (Wildman–Crippen LogP) is 5.34. The Kier molecular flexibility index (Phi) is 8.02. The van der Waals surface area contributed by atoms with Crippen molar-refractivity contribution >= 4 is 39.9 Å². The maximum atomic E-state index is 13.9. The van der Waals surface area contributed by atoms with Gasteiger partial charge in [-0.2, -0.15) is 0 Å². The lowest BCUT2D eigenvalue weighted by atomic mass is 10.1. The highest BCUT2D eigenvalue weighted by atomic mass is 32.2. The SMILES string of the molecule is O=C(c1ccc(Cn2c(SCc3ccc([N+](=O)[O-])cc3)nc3cc4c(cc3c2=O)OCO4)cc1)N1CCN(c2ccccc2)CC1. The maximum absolute atomic E-state index is 13.9. The number of non-ortho nitro benzene ring substituents is 1. The third-order valence-corrected chi connectivity index (χ3v) is 9.21. The van der Waals surface area contributed by atoms with Crippen LogP contribution in [0.3, 0.4) is 0 Å². The summed E-state index contributed by atoms with van der Waals surface area (Å²) in [6.45, 7) is 3.14. The van der Waals surface area contributed by atoms with Gasteiger partial charge in [-0.25, -0.2) is 4.98 Å². The molecule has 2 aliphatic heterocycles. The van der Waals surface area contributed by atoms with Gasteiger partial charge in [-0.05, 0) is 41.5 Å². The summed E-state index contributed by atoms with van der Waals surface area (Å²) in [5.41, 5.74) is 3.73. The van der Waals surface area contributed by atoms with Crippen LogP contribution in [0.2, 0.25) is 0 Å². The third-order valence-electron chi connectivity index (χ3n) is 8.16. The summed E-state index contributed by atoms with van der Waals surface area (Å²) in [6, 6.07) is 27.2. The van der Waals surface area contributed by atoms with E-state index in [-0.39, 0.29) is 30.5 Å². The minimum absolute atomic E-state index is 0.0146. The number of rotatable bonds is 8. The molecular weight excluding hydrogens is 606 g/mol. The predicted molar refractivity (Wildman–Crippen MR) is 175 cm³/mol. The highest BCUT2D eigenvalue weighted by Crippen LogP contribution is 2.35. The number of carbonyl (C=O) groups excluding carboxylic acids is 1. The number of hydrogen-bond donors (Lipinski definition) is 0. The molecule has 0 spiro atoms. The fourth-order valence-corrected chi connectivity index (χ4v) is 6.58. The molecule has 0 N–H and O–H groups in total. The van der Waals surface area contributed by atoms with Crippen LogP contribution in [0.15, 0.2) is 101 Å². The maximum Gasteiger partial charge on any atom is 0.269 e. The van der Waals surface area contributed by atoms with Crippen molar-refractivity contribution in [2.75, 3.05) is 37.9 Å². The van der Waals surface area contributed by atoms with E-state index in [1.807, 2.05) is 47.4 Å². The molecule has 1 fully saturated rings. The third kappa shape index (κ3) is 5.98. The Labute approximate surface area is 268 Å². The van der Waals surface area contributed by atoms with E-state index < -0.39 is 4.92 Å². The van der Waals surface area contributed by atoms with Crippen molar-refractivity contribution in [3.63, 3.8) is 0 Å². The van der Waals surface area contributed by atoms with Crippen LogP contribution in [-0.2, 0) is 12.3 Å². The lowest BCUT2D eigenvalue weighted by Crippen LogP contribution is -2.48. The molecule has 0 radical (unpaired) electrons. The summed E-state index contributed by atoms with van der Waals surface area (Å²) < 4.78 is 12.6. The first-order valence-corrected chi connectivity index (χ1v) is 15.8. The first-order valence-electron chi connectivity index (χ1n) is 14.8. The van der Waals surface area contributed by atoms with E-state index in [4.69, 9.17) is 14.5 Å². The number of aromatic nitrogens is 2. The van der Waals surface area contributed by atoms with Crippen LogP contribution >= 0.6 is 11.8 Å². The first-order chi connectivity index (χ1) is 22.4. The number of amides is 1. The average Bonchev–Trinajstić information content (AvgIpc) is 3.56. The summed E-state index contributed by atoms with van der Waals surface area (Å²) in [5.74, 6) is 1.46. The van der Waals surface area contributed by atoms with Gasteiger partial charge in [0.05, 0.1) is 22.4 Å². The van der Waals surface area contributed by atoms with Gasteiger partial charge in [-0.15, -0.1) is 0 Å². The molecule has 4 aromatic carbocycles. The number of fused-ring (bicyclic) bond motifs is 2. The van der Waals surface area contributed by atoms with Gasteiger partial charge in [0.1, 0.15) is 0 Å². The summed E-state index contributed by atoms with van der Waals surface area (Å²) >= 11 is 1.37. The second-order valence-corrected chi connectivity index (χ2v) is 12.0. The quantitative estimate of drug-likeness (QED) is 0.0964. The summed E-state index contributed by atoms with van der Waals surface area (Å²) in [4.78, 5) is 46.8. The lowest BCUT2D eigenvalue weighted by Gasteiger charge is -2.36. The monoisotopic (exact) mass is 635 g/mol. The normalized spacial score (nSPS) is 14.1. The molecule has 7 rings (SSSR count). The van der Waals surface area contributed by atoms with Gasteiger partial charge < -0.3 is 19.3 Å². The van der Waals surface area contributed by atoms with Crippen molar-refractivity contribution in [1.82, 2.24) is 14.5 Å². The molecule has 1 amide bonds. The smallest absolute Gasteiger partial charge is 0.269 e. The molecule has 0 aliphatic carbocycles. The van der Waals surface area contributed by atoms with E-state index in [0.717, 1.165) is 29.9 Å². The largest absolute Gasteiger partial charge is 0.454 e. The Morgan fingerprint density at radius 1 is 0.870 bits per heavy atom. The lowest BCUT2D eigenvalue weighted by molar-refractivity contribution is -0.384. The van der Waals surface area contributed by atoms with Crippen LogP contribution in [0.5, 0.6) is 11.5 Å². The molecule has 2 aliphatic rings. The Balaban J connectivity index is 1.11. The number of nitro benzene ring substituents is 1. The molecule has 0 atom stereocenters. The van der Waals surface area contributed by atoms with E-state index in [1.54, 1.807) is 28.8 Å². The van der Waals surface area contributed by atoms with Crippen LogP contribution < -0.4 is 19.9 Å². The van der Waals surface area contributed by atoms with Gasteiger partial charge in [0.15, 0.2) is 16.7 Å². The number of carbonyl (C=O) groups is 1. The summed E-state index contributed by atoms with van der Waals surface area (Å²) in [7, 11) is 0. The number of nitrogens with zero attached hydrogens (tertiary/aromatic N) is 5. The van der Waals surface area contributed by atoms with Crippen molar-refractivity contribution in [3.05, 3.63) is 128 Å². The molecule has 46 heavy (non-hydrogen) atoms. The topological polar surface area (TPSA) is 120 Å². The zero-order valence-electron chi connectivity index (χ0n) is 24.7. The van der Waals surface area contributed by atoms with Gasteiger partial charge in [0, 0.05) is 61.4 Å². The van der Waals surface area contributed by atoms with Gasteiger partial charge in [-0.1, -0.05) is 54.2 Å². The van der Waals surface area contributed by atoms with Crippen molar-refractivity contribution in [1.29, 1.82) is 0 Å². The molecule has 1 saturated heterocycles. The molecule has 12 heteroatoms. The summed E-state index contributed by atoms with van der Waals surface area (Å²) in [5, 5.41) is 12.0. The standard InChI is InChI=1S/C34H29N5O6S/c40-32(37-16-14-36(15-17-37)26-4-2-1-3-5-26)25-10-6-23(7-11-25)20-38-33(41)28-18-30-31(45-22-44-30)19-29(28)35-34(38)46-21-24-8-12-27(13-9-24)39(42)43/h1-13,18-19H,14-17,20-22H2. The van der Waals surface area contributed by atoms with Crippen LogP contribution in [0.4, 0.5) is 11.4 Å². The van der Waals surface area contributed by atoms with Gasteiger partial charge in [-0.3, -0.25) is 24.3 Å². The van der Waals surface area contributed by atoms with Crippen molar-refractivity contribution in [3.8, 4) is 11.5 Å². The zero-order valence-corrected chi connectivity index (χ0v) is 25.5. The summed E-state index contributed by atoms with van der Waals surface area (Å²) in [6.07, 6.45) is 0. The Hall–Kier alpha value is -5.36. The van der Waals surface area contributed by atoms with Crippen molar-refractivity contribution in [2.24, 2.45) is 0 Å².